The van der Waals surface area contributed by atoms with Gasteiger partial charge in [0.15, 0.2) is 0 Å². The fourth-order valence-electron chi connectivity index (χ4n) is 1.10. The van der Waals surface area contributed by atoms with Crippen molar-refractivity contribution in [3.05, 3.63) is 0 Å². The third kappa shape index (κ3) is 6.54. The minimum atomic E-state index is -0.222. The number of likely N-dealkylation sites (N-methyl/N-ethyl adjacent to an activating group) is 1. The Kier molecular flexibility index (Phi) is 4.95. The Morgan fingerprint density at radius 3 is 2.15 bits per heavy atom. The summed E-state index contributed by atoms with van der Waals surface area (Å²) in [6.45, 7) is 0.797. The molecule has 0 saturated carbocycles. The number of carbonyl (C=O) groups excluding carboxylic acids is 1. The predicted molar refractivity (Wildman–Crippen MR) is 50.3 cm³/mol. The van der Waals surface area contributed by atoms with E-state index in [4.69, 9.17) is 4.74 Å². The number of hydrogen-bond donors (Lipinski definition) is 0. The summed E-state index contributed by atoms with van der Waals surface area (Å²) in [6.07, 6.45) is 0.259. The second kappa shape index (κ2) is 5.19. The van der Waals surface area contributed by atoms with Crippen LogP contribution in [0, 0.1) is 0 Å². The Bertz CT molecular complexity index is 163. The molecule has 0 aliphatic carbocycles. The molecule has 13 heavy (non-hydrogen) atoms. The van der Waals surface area contributed by atoms with Gasteiger partial charge in [-0.15, -0.1) is 0 Å². The van der Waals surface area contributed by atoms with E-state index >= 15 is 0 Å². The number of rotatable bonds is 5. The molecule has 0 aromatic rings. The summed E-state index contributed by atoms with van der Waals surface area (Å²) >= 11 is 0. The van der Waals surface area contributed by atoms with E-state index in [1.165, 1.54) is 7.11 Å². The maximum atomic E-state index is 11.0. The standard InChI is InChI=1S/C9H20NO3/c1-10(2,3)7-8(12-4)6-9(11)13-5/h8H,6-7H2,1-5H3/q+1. The average molecular weight is 190 g/mol. The van der Waals surface area contributed by atoms with Crippen LogP contribution in [0.3, 0.4) is 0 Å². The van der Waals surface area contributed by atoms with Gasteiger partial charge in [0.05, 0.1) is 34.7 Å². The van der Waals surface area contributed by atoms with Crippen LogP contribution in [0.5, 0.6) is 0 Å². The van der Waals surface area contributed by atoms with Gasteiger partial charge in [-0.3, -0.25) is 4.79 Å². The van der Waals surface area contributed by atoms with Crippen molar-refractivity contribution in [2.24, 2.45) is 0 Å². The highest BCUT2D eigenvalue weighted by atomic mass is 16.5. The lowest BCUT2D eigenvalue weighted by Gasteiger charge is -2.27. The Morgan fingerprint density at radius 1 is 1.31 bits per heavy atom. The molecule has 0 radical (unpaired) electrons. The minimum Gasteiger partial charge on any atom is -0.469 e. The molecule has 0 rings (SSSR count). The first-order chi connectivity index (χ1) is 5.89. The van der Waals surface area contributed by atoms with E-state index in [-0.39, 0.29) is 12.1 Å². The molecule has 78 valence electrons. The molecule has 0 heterocycles. The second-order valence-corrected chi connectivity index (χ2v) is 4.11. The topological polar surface area (TPSA) is 35.5 Å². The number of nitrogens with zero attached hydrogens (tertiary/aromatic N) is 1. The molecule has 0 saturated heterocycles. The van der Waals surface area contributed by atoms with Crippen molar-refractivity contribution < 1.29 is 18.8 Å². The molecule has 0 bridgehead atoms. The van der Waals surface area contributed by atoms with Gasteiger partial charge in [0.1, 0.15) is 12.6 Å². The minimum absolute atomic E-state index is 0.0625. The lowest BCUT2D eigenvalue weighted by Crippen LogP contribution is -2.42. The van der Waals surface area contributed by atoms with Crippen molar-refractivity contribution in [1.82, 2.24) is 0 Å². The maximum Gasteiger partial charge on any atom is 0.308 e. The third-order valence-electron chi connectivity index (χ3n) is 1.71. The number of esters is 1. The Morgan fingerprint density at radius 2 is 1.85 bits per heavy atom. The number of quaternary nitrogens is 1. The first kappa shape index (κ1) is 12.4. The van der Waals surface area contributed by atoms with E-state index in [2.05, 4.69) is 25.9 Å². The molecule has 0 amide bonds. The monoisotopic (exact) mass is 190 g/mol. The molecule has 4 nitrogen and oxygen atoms in total. The normalized spacial score (nSPS) is 13.9. The molecule has 0 N–H and O–H groups in total. The molecule has 1 atom stereocenters. The van der Waals surface area contributed by atoms with Crippen LogP contribution >= 0.6 is 0 Å². The van der Waals surface area contributed by atoms with Crippen LogP contribution in [0.25, 0.3) is 0 Å². The van der Waals surface area contributed by atoms with Gasteiger partial charge < -0.3 is 14.0 Å². The molecule has 0 aromatic carbocycles. The summed E-state index contributed by atoms with van der Waals surface area (Å²) in [5, 5.41) is 0. The molecule has 0 fully saturated rings. The molecular weight excluding hydrogens is 170 g/mol. The van der Waals surface area contributed by atoms with Gasteiger partial charge in [-0.25, -0.2) is 0 Å². The molecule has 4 heteroatoms. The predicted octanol–water partition coefficient (Wildman–Crippen LogP) is 0.271. The molecule has 0 aliphatic heterocycles. The number of carbonyl (C=O) groups is 1. The smallest absolute Gasteiger partial charge is 0.308 e. The zero-order chi connectivity index (χ0) is 10.5. The van der Waals surface area contributed by atoms with Crippen LogP contribution in [-0.2, 0) is 14.3 Å². The quantitative estimate of drug-likeness (QED) is 0.461. The van der Waals surface area contributed by atoms with E-state index in [0.29, 0.717) is 6.42 Å². The van der Waals surface area contributed by atoms with E-state index in [9.17, 15) is 4.79 Å². The van der Waals surface area contributed by atoms with Crippen molar-refractivity contribution >= 4 is 5.97 Å². The van der Waals surface area contributed by atoms with Crippen LogP contribution in [0.15, 0.2) is 0 Å². The molecule has 0 aliphatic rings. The summed E-state index contributed by atoms with van der Waals surface area (Å²) in [7, 11) is 9.18. The van der Waals surface area contributed by atoms with Gasteiger partial charge in [-0.2, -0.15) is 0 Å². The Labute approximate surface area is 80.0 Å². The molecule has 1 unspecified atom stereocenters. The zero-order valence-corrected chi connectivity index (χ0v) is 9.16. The lowest BCUT2D eigenvalue weighted by molar-refractivity contribution is -0.873. The molecular formula is C9H20NO3+. The fraction of sp³-hybridized carbons (Fsp3) is 0.889. The zero-order valence-electron chi connectivity index (χ0n) is 9.16. The summed E-state index contributed by atoms with van der Waals surface area (Å²) in [4.78, 5) is 11.0. The highest BCUT2D eigenvalue weighted by Crippen LogP contribution is 2.04. The van der Waals surface area contributed by atoms with Crippen molar-refractivity contribution in [3.63, 3.8) is 0 Å². The summed E-state index contributed by atoms with van der Waals surface area (Å²) in [5.41, 5.74) is 0. The van der Waals surface area contributed by atoms with Crippen molar-refractivity contribution in [3.8, 4) is 0 Å². The van der Waals surface area contributed by atoms with Crippen LogP contribution in [0.4, 0.5) is 0 Å². The van der Waals surface area contributed by atoms with Gasteiger partial charge in [0.2, 0.25) is 0 Å². The average Bonchev–Trinajstić information content (AvgIpc) is 2.00. The first-order valence-corrected chi connectivity index (χ1v) is 4.29. The highest BCUT2D eigenvalue weighted by molar-refractivity contribution is 5.69. The fourth-order valence-corrected chi connectivity index (χ4v) is 1.10. The number of methoxy groups -OCH3 is 2. The van der Waals surface area contributed by atoms with E-state index in [0.717, 1.165) is 11.0 Å². The second-order valence-electron chi connectivity index (χ2n) is 4.11. The summed E-state index contributed by atoms with van der Waals surface area (Å²) in [6, 6.07) is 0. The van der Waals surface area contributed by atoms with Crippen LogP contribution in [0.1, 0.15) is 6.42 Å². The molecule has 0 spiro atoms. The van der Waals surface area contributed by atoms with E-state index < -0.39 is 0 Å². The van der Waals surface area contributed by atoms with Crippen LogP contribution in [0.2, 0.25) is 0 Å². The van der Waals surface area contributed by atoms with Crippen molar-refractivity contribution in [2.45, 2.75) is 12.5 Å². The number of hydrogen-bond acceptors (Lipinski definition) is 3. The SMILES string of the molecule is COC(=O)CC(C[N+](C)(C)C)OC. The first-order valence-electron chi connectivity index (χ1n) is 4.29. The molecule has 0 aromatic heterocycles. The largest absolute Gasteiger partial charge is 0.469 e. The van der Waals surface area contributed by atoms with E-state index in [1.807, 2.05) is 0 Å². The maximum absolute atomic E-state index is 11.0. The van der Waals surface area contributed by atoms with Gasteiger partial charge in [0, 0.05) is 7.11 Å². The lowest BCUT2D eigenvalue weighted by atomic mass is 10.2. The van der Waals surface area contributed by atoms with Crippen LogP contribution < -0.4 is 0 Å². The number of ether oxygens (including phenoxy) is 2. The Hall–Kier alpha value is -0.610. The van der Waals surface area contributed by atoms with Gasteiger partial charge in [-0.1, -0.05) is 0 Å². The van der Waals surface area contributed by atoms with Crippen LogP contribution in [-0.4, -0.2) is 58.5 Å². The van der Waals surface area contributed by atoms with E-state index in [1.54, 1.807) is 7.11 Å². The van der Waals surface area contributed by atoms with Gasteiger partial charge in [0.25, 0.3) is 0 Å². The summed E-state index contributed by atoms with van der Waals surface area (Å²) in [5.74, 6) is -0.222. The highest BCUT2D eigenvalue weighted by Gasteiger charge is 2.20. The Balaban J connectivity index is 3.97. The summed E-state index contributed by atoms with van der Waals surface area (Å²) < 4.78 is 10.5. The van der Waals surface area contributed by atoms with Crippen molar-refractivity contribution in [1.29, 1.82) is 0 Å². The van der Waals surface area contributed by atoms with Gasteiger partial charge >= 0.3 is 5.97 Å². The van der Waals surface area contributed by atoms with Gasteiger partial charge in [-0.05, 0) is 0 Å². The third-order valence-corrected chi connectivity index (χ3v) is 1.71. The van der Waals surface area contributed by atoms with Crippen molar-refractivity contribution in [2.75, 3.05) is 41.9 Å².